The average Bonchev–Trinajstić information content (AvgIpc) is 0.820. The molecule has 0 bridgehead atoms. The number of hydrogen-bond acceptors (Lipinski definition) is 16. The van der Waals surface area contributed by atoms with Gasteiger partial charge in [0.25, 0.3) is 8.53 Å². The Balaban J connectivity index is 0.000000781. The van der Waals surface area contributed by atoms with Gasteiger partial charge in [-0.05, 0) is 129 Å². The zero-order chi connectivity index (χ0) is 66.0. The Morgan fingerprint density at radius 2 is 0.728 bits per heavy atom. The Morgan fingerprint density at radius 1 is 0.446 bits per heavy atom. The molecule has 1 atom stereocenters. The number of aliphatic hydroxyl groups is 2. The molecule has 0 heterocycles. The number of nitriles is 1. The molecule has 0 aliphatic carbocycles. The number of benzene rings is 6. The zero-order valence-electron chi connectivity index (χ0n) is 55.1. The molecule has 0 amide bonds. The van der Waals surface area contributed by atoms with Gasteiger partial charge < -0.3 is 52.4 Å². The van der Waals surface area contributed by atoms with Gasteiger partial charge in [0, 0.05) is 58.5 Å². The van der Waals surface area contributed by atoms with E-state index in [0.29, 0.717) is 59.2 Å². The first-order valence-corrected chi connectivity index (χ1v) is 44.4. The van der Waals surface area contributed by atoms with Gasteiger partial charge in [-0.3, -0.25) is 14.7 Å². The monoisotopic (exact) mass is 1630 g/mol. The van der Waals surface area contributed by atoms with Crippen molar-refractivity contribution in [1.82, 2.24) is 19.4 Å². The van der Waals surface area contributed by atoms with E-state index in [4.69, 9.17) is 52.6 Å². The summed E-state index contributed by atoms with van der Waals surface area (Å²) in [6.07, 6.45) is 0.343. The van der Waals surface area contributed by atoms with Crippen molar-refractivity contribution in [3.63, 3.8) is 0 Å². The summed E-state index contributed by atoms with van der Waals surface area (Å²) in [4.78, 5) is 6.65. The van der Waals surface area contributed by atoms with E-state index in [1.54, 1.807) is 35.5 Å². The SMILES string of the molecule is C.C.CCN(CCO)CCOC.CCN(CCO)CCOC(c1ccccc1)(c1ccc(OC)cc1)c1ccc(OC)cc1.CCN(CCOP(OCCC#N)N(C(C)C)C(C)C)CCOC(c1ccccc1)(c1ccc(OC)cc1)c1ccc(OC)cc1.I[I-]I. The van der Waals surface area contributed by atoms with Gasteiger partial charge in [0.05, 0.1) is 87.2 Å². The van der Waals surface area contributed by atoms with Crippen LogP contribution in [0, 0.1) is 11.3 Å². The van der Waals surface area contributed by atoms with E-state index in [-0.39, 0.29) is 40.2 Å². The van der Waals surface area contributed by atoms with Crippen molar-refractivity contribution in [2.45, 2.75) is 93.0 Å². The van der Waals surface area contributed by atoms with Crippen LogP contribution >= 0.6 is 45.8 Å². The van der Waals surface area contributed by atoms with Crippen LogP contribution in [0.25, 0.3) is 0 Å². The molecule has 0 spiro atoms. The van der Waals surface area contributed by atoms with Gasteiger partial charge in [0.15, 0.2) is 0 Å². The van der Waals surface area contributed by atoms with Gasteiger partial charge in [-0.25, -0.2) is 4.67 Å². The summed E-state index contributed by atoms with van der Waals surface area (Å²) in [6, 6.07) is 55.6. The van der Waals surface area contributed by atoms with E-state index in [0.717, 1.165) is 109 Å². The summed E-state index contributed by atoms with van der Waals surface area (Å²) < 4.78 is 55.2. The number of ether oxygens (including phenoxy) is 7. The van der Waals surface area contributed by atoms with Crippen LogP contribution in [0.1, 0.15) is 103 Å². The number of hydrogen-bond donors (Lipinski definition) is 2. The molecule has 92 heavy (non-hydrogen) atoms. The third kappa shape index (κ3) is 28.1. The second-order valence-electron chi connectivity index (χ2n) is 20.9. The van der Waals surface area contributed by atoms with Crippen LogP contribution < -0.4 is 32.2 Å². The van der Waals surface area contributed by atoms with Gasteiger partial charge >= 0.3 is 50.5 Å². The third-order valence-electron chi connectivity index (χ3n) is 14.9. The number of nitrogens with zero attached hydrogens (tertiary/aromatic N) is 5. The number of methoxy groups -OCH3 is 5. The van der Waals surface area contributed by atoms with E-state index in [1.807, 2.05) is 84.9 Å². The molecular formula is C72H108I3N5O11P-. The average molecular weight is 1630 g/mol. The fourth-order valence-corrected chi connectivity index (χ4v) is 11.7. The van der Waals surface area contributed by atoms with E-state index >= 15 is 0 Å². The second-order valence-corrected chi connectivity index (χ2v) is 38.6. The van der Waals surface area contributed by atoms with Crippen LogP contribution in [0.3, 0.4) is 0 Å². The molecule has 2 N–H and O–H groups in total. The van der Waals surface area contributed by atoms with E-state index < -0.39 is 19.7 Å². The topological polar surface area (TPSA) is 160 Å². The molecule has 6 aromatic rings. The second kappa shape index (κ2) is 50.6. The Hall–Kier alpha value is -3.81. The van der Waals surface area contributed by atoms with Gasteiger partial charge in [-0.1, -0.05) is 145 Å². The fraction of sp³-hybridized carbons (Fsp3) is 0.486. The standard InChI is InChI=1S/C36H50N3O5P.C27H33NO4.C7H17NO2.2CH4.I3/c1-8-38(25-28-44-45(43-26-12-23-37)39(29(2)3)30(4)5)24-27-42-36(31-13-10-9-11-14-31,32-15-19-34(40-6)20-16-32)33-17-21-35(41-7)22-18-33;1-4-28(18-20-29)19-21-32-27(22-8-6-5-7-9-22,23-10-14-25(30-2)15-11-23)24-12-16-26(31-3)17-13-24;1-3-8(4-6-9)5-7-10-2;;;1-3-2/h9-11,13-22,29-30H,8,12,24-28H2,1-7H3;5-17,29H,4,18-21H2,1-3H3;9H,3-7H2,1-2H3;2*1H4;/q;;;;;-1. The molecule has 20 heteroatoms. The first kappa shape index (κ1) is 86.2. The van der Waals surface area contributed by atoms with Crippen LogP contribution in [0.15, 0.2) is 158 Å². The molecule has 6 rings (SSSR count). The van der Waals surface area contributed by atoms with Gasteiger partial charge in [-0.15, -0.1) is 0 Å². The van der Waals surface area contributed by atoms with Crippen LogP contribution in [0.4, 0.5) is 0 Å². The predicted octanol–water partition coefficient (Wildman–Crippen LogP) is 11.9. The van der Waals surface area contributed by atoms with Crippen LogP contribution in [-0.4, -0.2) is 182 Å². The summed E-state index contributed by atoms with van der Waals surface area (Å²) in [6.45, 7) is 25.0. The van der Waals surface area contributed by atoms with Crippen molar-refractivity contribution >= 4 is 45.8 Å². The van der Waals surface area contributed by atoms with E-state index in [9.17, 15) is 5.11 Å². The number of likely N-dealkylation sites (N-methyl/N-ethyl adjacent to an activating group) is 3. The minimum atomic E-state index is -1.28. The number of aliphatic hydroxyl groups excluding tert-OH is 2. The van der Waals surface area contributed by atoms with Gasteiger partial charge in [-0.2, -0.15) is 5.26 Å². The Morgan fingerprint density at radius 3 is 1.00 bits per heavy atom. The summed E-state index contributed by atoms with van der Waals surface area (Å²) in [5, 5.41) is 27.0. The Kier molecular flexibility index (Phi) is 47.4. The van der Waals surface area contributed by atoms with Crippen molar-refractivity contribution in [3.8, 4) is 29.1 Å². The molecule has 0 saturated heterocycles. The Bertz CT molecular complexity index is 2680. The van der Waals surface area contributed by atoms with Crippen LogP contribution in [0.5, 0.6) is 23.0 Å². The summed E-state index contributed by atoms with van der Waals surface area (Å²) in [5.41, 5.74) is 4.46. The quantitative estimate of drug-likeness (QED) is 0.0163. The molecule has 1 unspecified atom stereocenters. The van der Waals surface area contributed by atoms with Crippen molar-refractivity contribution in [1.29, 1.82) is 5.26 Å². The molecule has 6 aromatic carbocycles. The Labute approximate surface area is 585 Å². The normalized spacial score (nSPS) is 11.6. The molecule has 0 radical (unpaired) electrons. The van der Waals surface area contributed by atoms with Crippen LogP contribution in [0.2, 0.25) is 0 Å². The first-order valence-electron chi connectivity index (χ1n) is 30.7. The molecule has 0 aromatic heterocycles. The third-order valence-corrected chi connectivity index (χ3v) is 17.0. The molecule has 0 fully saturated rings. The first-order chi connectivity index (χ1) is 43.7. The van der Waals surface area contributed by atoms with Crippen molar-refractivity contribution in [2.24, 2.45) is 0 Å². The summed E-state index contributed by atoms with van der Waals surface area (Å²) >= 11 is 5.30. The molecule has 16 nitrogen and oxygen atoms in total. The molecular weight excluding hydrogens is 1520 g/mol. The van der Waals surface area contributed by atoms with E-state index in [2.05, 4.69) is 184 Å². The van der Waals surface area contributed by atoms with Crippen molar-refractivity contribution in [2.75, 3.05) is 141 Å². The van der Waals surface area contributed by atoms with Crippen LogP contribution in [-0.2, 0) is 34.5 Å². The van der Waals surface area contributed by atoms with Gasteiger partial charge in [0.2, 0.25) is 0 Å². The molecule has 514 valence electrons. The minimum absolute atomic E-state index is 0. The summed E-state index contributed by atoms with van der Waals surface area (Å²) in [5.74, 6) is 3.17. The fourth-order valence-electron chi connectivity index (χ4n) is 10.2. The number of rotatable bonds is 38. The predicted molar refractivity (Wildman–Crippen MR) is 392 cm³/mol. The maximum atomic E-state index is 9.35. The maximum absolute atomic E-state index is 9.35. The summed E-state index contributed by atoms with van der Waals surface area (Å²) in [7, 11) is 7.09. The zero-order valence-corrected chi connectivity index (χ0v) is 62.4. The molecule has 0 saturated carbocycles. The molecule has 0 aliphatic heterocycles. The van der Waals surface area contributed by atoms with Crippen molar-refractivity contribution in [3.05, 3.63) is 191 Å². The molecule has 0 aliphatic rings. The van der Waals surface area contributed by atoms with E-state index in [1.165, 1.54) is 0 Å². The number of halogens is 3. The van der Waals surface area contributed by atoms with Gasteiger partial charge in [0.1, 0.15) is 34.2 Å². The van der Waals surface area contributed by atoms with Crippen molar-refractivity contribution < 1.29 is 65.7 Å².